The van der Waals surface area contributed by atoms with E-state index in [4.69, 9.17) is 4.74 Å². The molecule has 122 valence electrons. The van der Waals surface area contributed by atoms with Gasteiger partial charge in [0, 0.05) is 18.1 Å². The number of carbonyl (C=O) groups excluding carboxylic acids is 1. The third kappa shape index (κ3) is 2.37. The maximum Gasteiger partial charge on any atom is 0.247 e. The number of nitrogens with one attached hydrogen (secondary N) is 2. The van der Waals surface area contributed by atoms with E-state index in [1.165, 1.54) is 0 Å². The van der Waals surface area contributed by atoms with Gasteiger partial charge in [-0.2, -0.15) is 5.10 Å². The van der Waals surface area contributed by atoms with Crippen LogP contribution < -0.4 is 10.2 Å². The molecule has 4 rings (SSSR count). The van der Waals surface area contributed by atoms with Crippen LogP contribution in [0.25, 0.3) is 22.2 Å². The first-order chi connectivity index (χ1) is 11.8. The molecule has 3 heterocycles. The Labute approximate surface area is 137 Å². The van der Waals surface area contributed by atoms with Crippen molar-refractivity contribution < 1.29 is 9.53 Å². The first kappa shape index (κ1) is 14.6. The second-order valence-corrected chi connectivity index (χ2v) is 5.46. The van der Waals surface area contributed by atoms with Crippen molar-refractivity contribution >= 4 is 28.4 Å². The molecule has 0 bridgehead atoms. The number of carbonyl (C=O) groups is 1. The molecule has 3 aromatic rings. The molecule has 0 atom stereocenters. The Morgan fingerprint density at radius 1 is 1.33 bits per heavy atom. The van der Waals surface area contributed by atoms with E-state index < -0.39 is 0 Å². The normalized spacial score (nSPS) is 13.9. The molecule has 24 heavy (non-hydrogen) atoms. The van der Waals surface area contributed by atoms with Crippen LogP contribution in [0.2, 0.25) is 0 Å². The first-order valence-electron chi connectivity index (χ1n) is 7.60. The zero-order valence-electron chi connectivity index (χ0n) is 13.1. The van der Waals surface area contributed by atoms with Gasteiger partial charge >= 0.3 is 0 Å². The molecule has 8 nitrogen and oxygen atoms in total. The molecule has 0 aliphatic carbocycles. The fourth-order valence-corrected chi connectivity index (χ4v) is 2.80. The summed E-state index contributed by atoms with van der Waals surface area (Å²) in [4.78, 5) is 22.9. The summed E-state index contributed by atoms with van der Waals surface area (Å²) in [6.45, 7) is 1.09. The molecule has 1 amide bonds. The number of benzene rings is 1. The van der Waals surface area contributed by atoms with Gasteiger partial charge in [-0.25, -0.2) is 9.97 Å². The Hall–Kier alpha value is -3.00. The summed E-state index contributed by atoms with van der Waals surface area (Å²) in [5.74, 6) is 1.09. The predicted molar refractivity (Wildman–Crippen MR) is 89.8 cm³/mol. The monoisotopic (exact) mass is 324 g/mol. The van der Waals surface area contributed by atoms with E-state index >= 15 is 0 Å². The van der Waals surface area contributed by atoms with Gasteiger partial charge in [0.25, 0.3) is 0 Å². The minimum Gasteiger partial charge on any atom is -0.383 e. The molecule has 2 N–H and O–H groups in total. The van der Waals surface area contributed by atoms with Crippen LogP contribution >= 0.6 is 0 Å². The molecule has 0 unspecified atom stereocenters. The number of anilines is 2. The van der Waals surface area contributed by atoms with Gasteiger partial charge in [0.1, 0.15) is 0 Å². The molecular formula is C16H16N6O2. The molecule has 2 aromatic heterocycles. The lowest BCUT2D eigenvalue weighted by Gasteiger charge is -2.28. The zero-order chi connectivity index (χ0) is 16.5. The second-order valence-electron chi connectivity index (χ2n) is 5.46. The summed E-state index contributed by atoms with van der Waals surface area (Å²) in [5.41, 5.74) is 2.54. The molecular weight excluding hydrogens is 308 g/mol. The lowest BCUT2D eigenvalue weighted by atomic mass is 10.1. The summed E-state index contributed by atoms with van der Waals surface area (Å²) >= 11 is 0. The first-order valence-corrected chi connectivity index (χ1v) is 7.60. The highest BCUT2D eigenvalue weighted by molar-refractivity contribution is 6.01. The van der Waals surface area contributed by atoms with Gasteiger partial charge in [-0.3, -0.25) is 14.8 Å². The van der Waals surface area contributed by atoms with E-state index in [0.717, 1.165) is 16.5 Å². The smallest absolute Gasteiger partial charge is 0.247 e. The number of fused-ring (bicyclic) bond motifs is 2. The Morgan fingerprint density at radius 2 is 2.25 bits per heavy atom. The van der Waals surface area contributed by atoms with E-state index in [9.17, 15) is 4.79 Å². The van der Waals surface area contributed by atoms with Gasteiger partial charge in [0.2, 0.25) is 5.91 Å². The van der Waals surface area contributed by atoms with Crippen molar-refractivity contribution in [2.24, 2.45) is 0 Å². The average Bonchev–Trinajstić information content (AvgIpc) is 3.09. The number of methoxy groups -OCH3 is 1. The molecule has 1 aliphatic rings. The number of aromatic amines is 1. The van der Waals surface area contributed by atoms with Crippen LogP contribution in [-0.2, 0) is 9.53 Å². The summed E-state index contributed by atoms with van der Waals surface area (Å²) in [6.07, 6.45) is 3.47. The number of hydrogen-bond donors (Lipinski definition) is 2. The predicted octanol–water partition coefficient (Wildman–Crippen LogP) is 1.42. The number of rotatable bonds is 4. The van der Waals surface area contributed by atoms with Crippen LogP contribution in [0.5, 0.6) is 0 Å². The van der Waals surface area contributed by atoms with Crippen LogP contribution in [0.15, 0.2) is 30.6 Å². The lowest BCUT2D eigenvalue weighted by molar-refractivity contribution is -0.117. The highest BCUT2D eigenvalue weighted by Gasteiger charge is 2.26. The molecule has 0 spiro atoms. The van der Waals surface area contributed by atoms with E-state index in [1.807, 2.05) is 18.2 Å². The van der Waals surface area contributed by atoms with Gasteiger partial charge in [-0.05, 0) is 6.07 Å². The maximum absolute atomic E-state index is 12.2. The Morgan fingerprint density at radius 3 is 3.12 bits per heavy atom. The van der Waals surface area contributed by atoms with Crippen molar-refractivity contribution in [1.29, 1.82) is 0 Å². The van der Waals surface area contributed by atoms with Gasteiger partial charge in [-0.1, -0.05) is 12.1 Å². The second kappa shape index (κ2) is 5.89. The van der Waals surface area contributed by atoms with E-state index in [-0.39, 0.29) is 12.5 Å². The standard InChI is InChI=1S/C16H16N6O2/c1-24-6-5-22-14(23)9-18-15-16(22)20-13(8-17-15)10-3-2-4-12-11(10)7-19-21-12/h2-4,7-8H,5-6,9H2,1H3,(H,17,18)(H,19,21). The summed E-state index contributed by atoms with van der Waals surface area (Å²) in [6, 6.07) is 5.85. The average molecular weight is 324 g/mol. The Balaban J connectivity index is 1.81. The maximum atomic E-state index is 12.2. The molecule has 0 fully saturated rings. The number of H-pyrrole nitrogens is 1. The Bertz CT molecular complexity index is 906. The van der Waals surface area contributed by atoms with Crippen molar-refractivity contribution in [3.05, 3.63) is 30.6 Å². The molecule has 0 saturated heterocycles. The number of nitrogens with zero attached hydrogens (tertiary/aromatic N) is 4. The van der Waals surface area contributed by atoms with Crippen LogP contribution in [0, 0.1) is 0 Å². The van der Waals surface area contributed by atoms with Crippen molar-refractivity contribution in [1.82, 2.24) is 20.2 Å². The van der Waals surface area contributed by atoms with Crippen molar-refractivity contribution in [3.63, 3.8) is 0 Å². The number of hydrogen-bond acceptors (Lipinski definition) is 6. The van der Waals surface area contributed by atoms with Gasteiger partial charge in [-0.15, -0.1) is 0 Å². The highest BCUT2D eigenvalue weighted by Crippen LogP contribution is 2.31. The van der Waals surface area contributed by atoms with Crippen LogP contribution in [0.4, 0.5) is 11.6 Å². The van der Waals surface area contributed by atoms with Gasteiger partial charge in [0.15, 0.2) is 11.6 Å². The van der Waals surface area contributed by atoms with Crippen LogP contribution in [-0.4, -0.2) is 52.9 Å². The Kier molecular flexibility index (Phi) is 3.58. The van der Waals surface area contributed by atoms with Crippen molar-refractivity contribution in [2.45, 2.75) is 0 Å². The van der Waals surface area contributed by atoms with Crippen molar-refractivity contribution in [3.8, 4) is 11.3 Å². The fourth-order valence-electron chi connectivity index (χ4n) is 2.80. The summed E-state index contributed by atoms with van der Waals surface area (Å²) in [7, 11) is 1.61. The third-order valence-corrected chi connectivity index (χ3v) is 4.00. The molecule has 0 radical (unpaired) electrons. The van der Waals surface area contributed by atoms with E-state index in [1.54, 1.807) is 24.4 Å². The largest absolute Gasteiger partial charge is 0.383 e. The van der Waals surface area contributed by atoms with Crippen LogP contribution in [0.3, 0.4) is 0 Å². The lowest BCUT2D eigenvalue weighted by Crippen LogP contribution is -2.42. The van der Waals surface area contributed by atoms with Gasteiger partial charge in [0.05, 0.1) is 43.3 Å². The highest BCUT2D eigenvalue weighted by atomic mass is 16.5. The summed E-state index contributed by atoms with van der Waals surface area (Å²) in [5, 5.41) is 11.0. The molecule has 1 aromatic carbocycles. The SMILES string of the molecule is COCCN1C(=O)CNc2ncc(-c3cccc4[nH]ncc34)nc21. The quantitative estimate of drug-likeness (QED) is 0.753. The zero-order valence-corrected chi connectivity index (χ0v) is 13.1. The third-order valence-electron chi connectivity index (χ3n) is 4.00. The number of aromatic nitrogens is 4. The van der Waals surface area contributed by atoms with Crippen LogP contribution in [0.1, 0.15) is 0 Å². The summed E-state index contributed by atoms with van der Waals surface area (Å²) < 4.78 is 5.10. The van der Waals surface area contributed by atoms with Gasteiger partial charge < -0.3 is 10.1 Å². The minimum absolute atomic E-state index is 0.0486. The number of amides is 1. The van der Waals surface area contributed by atoms with E-state index in [2.05, 4.69) is 25.5 Å². The minimum atomic E-state index is -0.0486. The molecule has 1 aliphatic heterocycles. The van der Waals surface area contributed by atoms with E-state index in [0.29, 0.717) is 30.5 Å². The number of ether oxygens (including phenoxy) is 1. The topological polar surface area (TPSA) is 96.0 Å². The van der Waals surface area contributed by atoms with Crippen molar-refractivity contribution in [2.75, 3.05) is 37.0 Å². The molecule has 8 heteroatoms. The fraction of sp³-hybridized carbons (Fsp3) is 0.250. The molecule has 0 saturated carbocycles.